The van der Waals surface area contributed by atoms with Crippen molar-refractivity contribution in [2.75, 3.05) is 6.61 Å². The molecule has 0 saturated carbocycles. The average molecular weight is 257 g/mol. The zero-order valence-electron chi connectivity index (χ0n) is 9.05. The van der Waals surface area contributed by atoms with Crippen molar-refractivity contribution in [3.63, 3.8) is 0 Å². The van der Waals surface area contributed by atoms with Crippen molar-refractivity contribution in [1.29, 1.82) is 0 Å². The molecule has 1 heterocycles. The number of aryl methyl sites for hydroxylation is 1. The first-order chi connectivity index (χ1) is 8.09. The minimum atomic E-state index is -2.57. The number of hydrogen-bond acceptors (Lipinski definition) is 4. The highest BCUT2D eigenvalue weighted by atomic mass is 32.2. The van der Waals surface area contributed by atoms with E-state index < -0.39 is 17.3 Å². The summed E-state index contributed by atoms with van der Waals surface area (Å²) in [6.07, 6.45) is 2.34. The van der Waals surface area contributed by atoms with E-state index in [0.29, 0.717) is 0 Å². The van der Waals surface area contributed by atoms with Gasteiger partial charge in [-0.3, -0.25) is 8.93 Å². The zero-order chi connectivity index (χ0) is 12.7. The number of nitrogens with one attached hydrogen (secondary N) is 1. The van der Waals surface area contributed by atoms with Gasteiger partial charge in [0.15, 0.2) is 0 Å². The lowest BCUT2D eigenvalue weighted by molar-refractivity contribution is 0.253. The van der Waals surface area contributed by atoms with Gasteiger partial charge in [-0.25, -0.2) is 4.79 Å². The van der Waals surface area contributed by atoms with Crippen LogP contribution in [0.25, 0.3) is 0 Å². The van der Waals surface area contributed by atoms with Gasteiger partial charge in [0.2, 0.25) is 0 Å². The van der Waals surface area contributed by atoms with Crippen LogP contribution in [-0.4, -0.2) is 21.4 Å². The SMILES string of the molecule is NC(=O)NS(=O)[O-].c1ccc2c(c1)CCCO2. The Hall–Kier alpha value is -1.60. The molecule has 17 heavy (non-hydrogen) atoms. The van der Waals surface area contributed by atoms with E-state index in [-0.39, 0.29) is 0 Å². The molecule has 0 aromatic heterocycles. The van der Waals surface area contributed by atoms with Crippen LogP contribution in [0.4, 0.5) is 4.79 Å². The van der Waals surface area contributed by atoms with Gasteiger partial charge in [0, 0.05) is 11.3 Å². The van der Waals surface area contributed by atoms with Gasteiger partial charge in [0.25, 0.3) is 0 Å². The fourth-order valence-electron chi connectivity index (χ4n) is 1.38. The van der Waals surface area contributed by atoms with Crippen molar-refractivity contribution >= 4 is 17.3 Å². The first-order valence-corrected chi connectivity index (χ1v) is 6.03. The lowest BCUT2D eigenvalue weighted by atomic mass is 10.1. The van der Waals surface area contributed by atoms with Gasteiger partial charge >= 0.3 is 6.03 Å². The molecule has 0 aliphatic carbocycles. The molecule has 1 aliphatic heterocycles. The maximum atomic E-state index is 9.53. The molecule has 1 atom stereocenters. The minimum Gasteiger partial charge on any atom is -0.755 e. The van der Waals surface area contributed by atoms with Gasteiger partial charge in [0.1, 0.15) is 5.75 Å². The summed E-state index contributed by atoms with van der Waals surface area (Å²) in [5.41, 5.74) is 5.71. The summed E-state index contributed by atoms with van der Waals surface area (Å²) in [6.45, 7) is 0.886. The summed E-state index contributed by atoms with van der Waals surface area (Å²) in [5, 5.41) is 0. The quantitative estimate of drug-likeness (QED) is 0.713. The number of fused-ring (bicyclic) bond motifs is 1. The highest BCUT2D eigenvalue weighted by Gasteiger charge is 2.06. The minimum absolute atomic E-state index is 0.886. The molecule has 0 bridgehead atoms. The monoisotopic (exact) mass is 257 g/mol. The van der Waals surface area contributed by atoms with Crippen LogP contribution in [0.15, 0.2) is 24.3 Å². The predicted octanol–water partition coefficient (Wildman–Crippen LogP) is 0.460. The number of carbonyl (C=O) groups is 1. The third-order valence-electron chi connectivity index (χ3n) is 2.00. The highest BCUT2D eigenvalue weighted by molar-refractivity contribution is 7.77. The van der Waals surface area contributed by atoms with Gasteiger partial charge in [-0.2, -0.15) is 0 Å². The average Bonchev–Trinajstić information content (AvgIpc) is 2.28. The zero-order valence-corrected chi connectivity index (χ0v) is 9.87. The second-order valence-corrected chi connectivity index (χ2v) is 3.93. The Morgan fingerprint density at radius 3 is 2.71 bits per heavy atom. The summed E-state index contributed by atoms with van der Waals surface area (Å²) in [5.74, 6) is 1.08. The van der Waals surface area contributed by atoms with Crippen LogP contribution >= 0.6 is 0 Å². The molecule has 0 fully saturated rings. The molecule has 1 aromatic rings. The van der Waals surface area contributed by atoms with Crippen LogP contribution in [0.2, 0.25) is 0 Å². The van der Waals surface area contributed by atoms with E-state index >= 15 is 0 Å². The second-order valence-electron chi connectivity index (χ2n) is 3.26. The Morgan fingerprint density at radius 1 is 1.47 bits per heavy atom. The van der Waals surface area contributed by atoms with Crippen LogP contribution in [0.5, 0.6) is 5.75 Å². The van der Waals surface area contributed by atoms with E-state index in [1.807, 2.05) is 12.1 Å². The van der Waals surface area contributed by atoms with Crippen molar-refractivity contribution in [2.45, 2.75) is 12.8 Å². The largest absolute Gasteiger partial charge is 0.755 e. The van der Waals surface area contributed by atoms with Crippen LogP contribution in [0.3, 0.4) is 0 Å². The fraction of sp³-hybridized carbons (Fsp3) is 0.300. The van der Waals surface area contributed by atoms with Gasteiger partial charge in [-0.05, 0) is 24.5 Å². The lowest BCUT2D eigenvalue weighted by Gasteiger charge is -2.15. The third kappa shape index (κ3) is 5.32. The van der Waals surface area contributed by atoms with Gasteiger partial charge in [-0.1, -0.05) is 18.2 Å². The van der Waals surface area contributed by atoms with Crippen molar-refractivity contribution in [3.8, 4) is 5.75 Å². The molecule has 0 spiro atoms. The van der Waals surface area contributed by atoms with Gasteiger partial charge in [0.05, 0.1) is 6.61 Å². The Labute approximate surface area is 102 Å². The lowest BCUT2D eigenvalue weighted by Crippen LogP contribution is -2.30. The van der Waals surface area contributed by atoms with E-state index in [1.54, 1.807) is 0 Å². The van der Waals surface area contributed by atoms with E-state index in [2.05, 4.69) is 17.9 Å². The summed E-state index contributed by atoms with van der Waals surface area (Å²) in [6, 6.07) is 7.18. The normalized spacial score (nSPS) is 14.4. The van der Waals surface area contributed by atoms with E-state index in [0.717, 1.165) is 18.8 Å². The molecule has 7 heteroatoms. The Bertz CT molecular complexity index is 374. The number of para-hydroxylation sites is 1. The van der Waals surface area contributed by atoms with Crippen molar-refractivity contribution < 1.29 is 18.3 Å². The fourth-order valence-corrected chi connectivity index (χ4v) is 1.54. The molecule has 0 saturated heterocycles. The number of carbonyl (C=O) groups excluding carboxylic acids is 1. The number of nitrogens with two attached hydrogens (primary N) is 1. The first-order valence-electron chi connectivity index (χ1n) is 4.95. The number of primary amides is 1. The predicted molar refractivity (Wildman–Crippen MR) is 61.9 cm³/mol. The molecule has 1 aromatic carbocycles. The molecule has 6 nitrogen and oxygen atoms in total. The van der Waals surface area contributed by atoms with Crippen LogP contribution in [-0.2, 0) is 17.7 Å². The first kappa shape index (κ1) is 13.5. The van der Waals surface area contributed by atoms with E-state index in [9.17, 15) is 13.6 Å². The topological polar surface area (TPSA) is 104 Å². The molecular weight excluding hydrogens is 244 g/mol. The summed E-state index contributed by atoms with van der Waals surface area (Å²) < 4.78 is 25.6. The molecular formula is C10H13N2O4S-. The standard InChI is InChI=1S/C9H10O.CH4N2O3S/c1-2-6-9-8(4-1)5-3-7-10-9;2-1(4)3-7(5)6/h1-2,4,6H,3,5,7H2;(H,5,6)(H3,2,3,4)/p-1. The Kier molecular flexibility index (Phi) is 5.44. The molecule has 3 N–H and O–H groups in total. The summed E-state index contributed by atoms with van der Waals surface area (Å²) in [4.78, 5) is 9.53. The van der Waals surface area contributed by atoms with Crippen molar-refractivity contribution in [2.24, 2.45) is 5.73 Å². The third-order valence-corrected chi connectivity index (χ3v) is 2.37. The Balaban J connectivity index is 0.000000185. The summed E-state index contributed by atoms with van der Waals surface area (Å²) >= 11 is -2.57. The second kappa shape index (κ2) is 6.87. The molecule has 1 aliphatic rings. The van der Waals surface area contributed by atoms with Gasteiger partial charge in [-0.15, -0.1) is 0 Å². The van der Waals surface area contributed by atoms with Crippen molar-refractivity contribution in [1.82, 2.24) is 4.72 Å². The van der Waals surface area contributed by atoms with Gasteiger partial charge < -0.3 is 15.0 Å². The van der Waals surface area contributed by atoms with Crippen molar-refractivity contribution in [3.05, 3.63) is 29.8 Å². The highest BCUT2D eigenvalue weighted by Crippen LogP contribution is 2.22. The molecule has 1 unspecified atom stereocenters. The molecule has 2 amide bonds. The van der Waals surface area contributed by atoms with Crippen LogP contribution in [0, 0.1) is 0 Å². The smallest absolute Gasteiger partial charge is 0.323 e. The molecule has 2 rings (SSSR count). The number of rotatable bonds is 1. The molecule has 0 radical (unpaired) electrons. The van der Waals surface area contributed by atoms with E-state index in [1.165, 1.54) is 16.7 Å². The van der Waals surface area contributed by atoms with E-state index in [4.69, 9.17) is 4.74 Å². The molecule has 94 valence electrons. The number of hydrogen-bond donors (Lipinski definition) is 2. The number of ether oxygens (including phenoxy) is 1. The number of amides is 2. The Morgan fingerprint density at radius 2 is 2.18 bits per heavy atom. The maximum Gasteiger partial charge on any atom is 0.323 e. The summed E-state index contributed by atoms with van der Waals surface area (Å²) in [7, 11) is 0. The maximum absolute atomic E-state index is 9.53. The van der Waals surface area contributed by atoms with Crippen LogP contribution < -0.4 is 15.2 Å². The number of urea groups is 1. The van der Waals surface area contributed by atoms with Crippen LogP contribution in [0.1, 0.15) is 12.0 Å². The number of benzene rings is 1.